The van der Waals surface area contributed by atoms with E-state index < -0.39 is 11.6 Å². The van der Waals surface area contributed by atoms with Crippen molar-refractivity contribution in [2.45, 2.75) is 46.3 Å². The summed E-state index contributed by atoms with van der Waals surface area (Å²) in [4.78, 5) is 27.4. The molecule has 1 aliphatic heterocycles. The Hall–Kier alpha value is -2.24. The second-order valence-corrected chi connectivity index (χ2v) is 7.78. The van der Waals surface area contributed by atoms with Gasteiger partial charge in [0.2, 0.25) is 0 Å². The maximum absolute atomic E-state index is 12.4. The third kappa shape index (κ3) is 4.87. The maximum atomic E-state index is 12.4. The number of nitrogens with zero attached hydrogens (tertiary/aromatic N) is 2. The first-order valence-corrected chi connectivity index (χ1v) is 8.66. The summed E-state index contributed by atoms with van der Waals surface area (Å²) in [7, 11) is 0. The first kappa shape index (κ1) is 19.1. The largest absolute Gasteiger partial charge is 0.478 e. The van der Waals surface area contributed by atoms with Gasteiger partial charge >= 0.3 is 12.1 Å². The van der Waals surface area contributed by atoms with Gasteiger partial charge < -0.3 is 19.6 Å². The molecule has 0 saturated carbocycles. The molecule has 1 aromatic carbocycles. The summed E-state index contributed by atoms with van der Waals surface area (Å²) in [6.07, 6.45) is -0.279. The quantitative estimate of drug-likeness (QED) is 0.906. The van der Waals surface area contributed by atoms with E-state index >= 15 is 0 Å². The summed E-state index contributed by atoms with van der Waals surface area (Å²) in [6, 6.07) is 7.06. The van der Waals surface area contributed by atoms with Crippen LogP contribution in [0.4, 0.5) is 10.5 Å². The van der Waals surface area contributed by atoms with Crippen molar-refractivity contribution >= 4 is 17.7 Å². The highest BCUT2D eigenvalue weighted by Crippen LogP contribution is 2.26. The van der Waals surface area contributed by atoms with Crippen LogP contribution in [0.15, 0.2) is 24.3 Å². The van der Waals surface area contributed by atoms with Gasteiger partial charge in [0.1, 0.15) is 5.60 Å². The SMILES string of the molecule is CC(C)[C@H]1CN(C(=O)OC(C)(C)C)CCN1c1ccc(C(=O)O)cc1. The van der Waals surface area contributed by atoms with Crippen molar-refractivity contribution in [3.8, 4) is 0 Å². The average Bonchev–Trinajstić information content (AvgIpc) is 2.52. The van der Waals surface area contributed by atoms with Crippen molar-refractivity contribution in [1.82, 2.24) is 4.90 Å². The number of aromatic carboxylic acids is 1. The fourth-order valence-electron chi connectivity index (χ4n) is 2.99. The Morgan fingerprint density at radius 1 is 1.16 bits per heavy atom. The molecule has 0 unspecified atom stereocenters. The normalized spacial score (nSPS) is 18.4. The van der Waals surface area contributed by atoms with E-state index in [0.29, 0.717) is 25.6 Å². The first-order valence-electron chi connectivity index (χ1n) is 8.66. The highest BCUT2D eigenvalue weighted by molar-refractivity contribution is 5.88. The number of carbonyl (C=O) groups is 2. The molecule has 138 valence electrons. The van der Waals surface area contributed by atoms with Gasteiger partial charge in [-0.25, -0.2) is 9.59 Å². The monoisotopic (exact) mass is 348 g/mol. The van der Waals surface area contributed by atoms with E-state index in [-0.39, 0.29) is 17.7 Å². The van der Waals surface area contributed by atoms with Crippen molar-refractivity contribution in [2.24, 2.45) is 5.92 Å². The van der Waals surface area contributed by atoms with Gasteiger partial charge in [0, 0.05) is 31.4 Å². The maximum Gasteiger partial charge on any atom is 0.410 e. The summed E-state index contributed by atoms with van der Waals surface area (Å²) in [5.74, 6) is -0.592. The Labute approximate surface area is 149 Å². The lowest BCUT2D eigenvalue weighted by Crippen LogP contribution is -2.57. The number of piperazine rings is 1. The van der Waals surface area contributed by atoms with Crippen LogP contribution in [-0.2, 0) is 4.74 Å². The van der Waals surface area contributed by atoms with Crippen LogP contribution in [0.1, 0.15) is 45.0 Å². The number of anilines is 1. The lowest BCUT2D eigenvalue weighted by molar-refractivity contribution is 0.0201. The molecule has 0 aliphatic carbocycles. The van der Waals surface area contributed by atoms with Crippen LogP contribution in [0.5, 0.6) is 0 Å². The van der Waals surface area contributed by atoms with Crippen molar-refractivity contribution in [2.75, 3.05) is 24.5 Å². The molecule has 6 heteroatoms. The summed E-state index contributed by atoms with van der Waals surface area (Å²) >= 11 is 0. The highest BCUT2D eigenvalue weighted by Gasteiger charge is 2.33. The van der Waals surface area contributed by atoms with E-state index in [2.05, 4.69) is 18.7 Å². The minimum absolute atomic E-state index is 0.150. The summed E-state index contributed by atoms with van der Waals surface area (Å²) in [6.45, 7) is 11.7. The molecule has 1 aromatic rings. The number of carbonyl (C=O) groups excluding carboxylic acids is 1. The molecule has 0 bridgehead atoms. The van der Waals surface area contributed by atoms with Crippen LogP contribution < -0.4 is 4.90 Å². The molecule has 0 radical (unpaired) electrons. The van der Waals surface area contributed by atoms with E-state index in [1.807, 2.05) is 32.9 Å². The van der Waals surface area contributed by atoms with Crippen molar-refractivity contribution < 1.29 is 19.4 Å². The second-order valence-electron chi connectivity index (χ2n) is 7.78. The molecule has 1 N–H and O–H groups in total. The first-order chi connectivity index (χ1) is 11.6. The lowest BCUT2D eigenvalue weighted by atomic mass is 9.98. The fraction of sp³-hybridized carbons (Fsp3) is 0.579. The highest BCUT2D eigenvalue weighted by atomic mass is 16.6. The zero-order valence-corrected chi connectivity index (χ0v) is 15.7. The second kappa shape index (κ2) is 7.33. The van der Waals surface area contributed by atoms with Crippen LogP contribution in [0, 0.1) is 5.92 Å². The molecule has 1 fully saturated rings. The average molecular weight is 348 g/mol. The number of carboxylic acid groups (broad SMARTS) is 1. The van der Waals surface area contributed by atoms with Gasteiger partial charge in [-0.1, -0.05) is 13.8 Å². The molecule has 0 aromatic heterocycles. The standard InChI is InChI=1S/C19H28N2O4/c1-13(2)16-12-20(18(24)25-19(3,4)5)10-11-21(16)15-8-6-14(7-9-15)17(22)23/h6-9,13,16H,10-12H2,1-5H3,(H,22,23)/t16-/m1/s1. The van der Waals surface area contributed by atoms with E-state index in [4.69, 9.17) is 9.84 Å². The number of hydrogen-bond donors (Lipinski definition) is 1. The molecule has 25 heavy (non-hydrogen) atoms. The van der Waals surface area contributed by atoms with Crippen molar-refractivity contribution in [3.63, 3.8) is 0 Å². The number of carboxylic acids is 1. The van der Waals surface area contributed by atoms with E-state index in [1.54, 1.807) is 17.0 Å². The van der Waals surface area contributed by atoms with Gasteiger partial charge in [-0.05, 0) is 51.0 Å². The van der Waals surface area contributed by atoms with Crippen LogP contribution in [0.3, 0.4) is 0 Å². The van der Waals surface area contributed by atoms with Crippen molar-refractivity contribution in [1.29, 1.82) is 0 Å². The summed E-state index contributed by atoms with van der Waals surface area (Å²) < 4.78 is 5.49. The molecule has 1 saturated heterocycles. The smallest absolute Gasteiger partial charge is 0.410 e. The van der Waals surface area contributed by atoms with E-state index in [1.165, 1.54) is 0 Å². The van der Waals surface area contributed by atoms with Gasteiger partial charge in [-0.15, -0.1) is 0 Å². The topological polar surface area (TPSA) is 70.1 Å². The van der Waals surface area contributed by atoms with E-state index in [0.717, 1.165) is 5.69 Å². The van der Waals surface area contributed by atoms with Gasteiger partial charge in [0.15, 0.2) is 0 Å². The van der Waals surface area contributed by atoms with Gasteiger partial charge in [-0.3, -0.25) is 0 Å². The Kier molecular flexibility index (Phi) is 5.60. The van der Waals surface area contributed by atoms with Gasteiger partial charge in [-0.2, -0.15) is 0 Å². The Bertz CT molecular complexity index is 619. The molecular weight excluding hydrogens is 320 g/mol. The fourth-order valence-corrected chi connectivity index (χ4v) is 2.99. The molecular formula is C19H28N2O4. The minimum atomic E-state index is -0.929. The van der Waals surface area contributed by atoms with E-state index in [9.17, 15) is 9.59 Å². The Morgan fingerprint density at radius 2 is 1.76 bits per heavy atom. The lowest BCUT2D eigenvalue weighted by Gasteiger charge is -2.44. The number of ether oxygens (including phenoxy) is 1. The molecule has 1 amide bonds. The number of benzene rings is 1. The Morgan fingerprint density at radius 3 is 2.24 bits per heavy atom. The molecule has 1 atom stereocenters. The zero-order chi connectivity index (χ0) is 18.8. The van der Waals surface area contributed by atoms with Crippen LogP contribution in [0.2, 0.25) is 0 Å². The predicted molar refractivity (Wildman–Crippen MR) is 97.2 cm³/mol. The van der Waals surface area contributed by atoms with Crippen LogP contribution >= 0.6 is 0 Å². The minimum Gasteiger partial charge on any atom is -0.478 e. The zero-order valence-electron chi connectivity index (χ0n) is 15.7. The third-order valence-electron chi connectivity index (χ3n) is 4.29. The molecule has 6 nitrogen and oxygen atoms in total. The number of amides is 1. The molecule has 0 spiro atoms. The molecule has 1 heterocycles. The predicted octanol–water partition coefficient (Wildman–Crippen LogP) is 3.47. The number of rotatable bonds is 3. The van der Waals surface area contributed by atoms with Gasteiger partial charge in [0.25, 0.3) is 0 Å². The third-order valence-corrected chi connectivity index (χ3v) is 4.29. The van der Waals surface area contributed by atoms with Crippen molar-refractivity contribution in [3.05, 3.63) is 29.8 Å². The van der Waals surface area contributed by atoms with Crippen LogP contribution in [-0.4, -0.2) is 53.3 Å². The summed E-state index contributed by atoms with van der Waals surface area (Å²) in [5.41, 5.74) is 0.749. The van der Waals surface area contributed by atoms with Gasteiger partial charge in [0.05, 0.1) is 5.56 Å². The van der Waals surface area contributed by atoms with Crippen LogP contribution in [0.25, 0.3) is 0 Å². The number of hydrogen-bond acceptors (Lipinski definition) is 4. The molecule has 1 aliphatic rings. The molecule has 2 rings (SSSR count). The Balaban J connectivity index is 2.14. The summed E-state index contributed by atoms with van der Waals surface area (Å²) in [5, 5.41) is 9.04.